The Bertz CT molecular complexity index is 861. The van der Waals surface area contributed by atoms with Crippen LogP contribution >= 0.6 is 11.8 Å². The maximum atomic E-state index is 11.3. The molecule has 25 heavy (non-hydrogen) atoms. The Kier molecular flexibility index (Phi) is 5.05. The normalized spacial score (nSPS) is 15.9. The standard InChI is InChI=1S/C22H20O2S/c1-22(2)12-10-21(25-18-6-4-3-5-7-18)19-14-16(8-9-20(19)22)17(15-24)11-13-23/h3-11,13-15H,12H2,1-2H3. The fraction of sp³-hybridized carbons (Fsp3) is 0.182. The summed E-state index contributed by atoms with van der Waals surface area (Å²) in [5.74, 6) is 0. The Morgan fingerprint density at radius 1 is 1.08 bits per heavy atom. The van der Waals surface area contributed by atoms with E-state index in [4.69, 9.17) is 0 Å². The van der Waals surface area contributed by atoms with Gasteiger partial charge >= 0.3 is 0 Å². The van der Waals surface area contributed by atoms with E-state index in [1.807, 2.05) is 30.3 Å². The molecule has 0 fully saturated rings. The largest absolute Gasteiger partial charge is 0.299 e. The molecule has 0 saturated carbocycles. The summed E-state index contributed by atoms with van der Waals surface area (Å²) >= 11 is 1.73. The highest BCUT2D eigenvalue weighted by Crippen LogP contribution is 2.45. The van der Waals surface area contributed by atoms with E-state index in [1.54, 1.807) is 11.8 Å². The van der Waals surface area contributed by atoms with Crippen molar-refractivity contribution in [3.8, 4) is 0 Å². The third-order valence-corrected chi connectivity index (χ3v) is 5.61. The Hall–Kier alpha value is -2.39. The number of hydrogen-bond donors (Lipinski definition) is 0. The van der Waals surface area contributed by atoms with E-state index in [-0.39, 0.29) is 5.41 Å². The van der Waals surface area contributed by atoms with Crippen molar-refractivity contribution in [1.29, 1.82) is 0 Å². The molecular formula is C22H20O2S. The summed E-state index contributed by atoms with van der Waals surface area (Å²) in [5.41, 5.74) is 3.64. The van der Waals surface area contributed by atoms with Crippen LogP contribution in [0, 0.1) is 0 Å². The Balaban J connectivity index is 2.07. The van der Waals surface area contributed by atoms with E-state index in [1.165, 1.54) is 21.4 Å². The van der Waals surface area contributed by atoms with Gasteiger partial charge in [0.2, 0.25) is 0 Å². The van der Waals surface area contributed by atoms with Crippen molar-refractivity contribution < 1.29 is 9.59 Å². The highest BCUT2D eigenvalue weighted by Gasteiger charge is 2.28. The van der Waals surface area contributed by atoms with Gasteiger partial charge in [-0.2, -0.15) is 0 Å². The first-order chi connectivity index (χ1) is 12.0. The molecule has 3 rings (SSSR count). The van der Waals surface area contributed by atoms with E-state index in [2.05, 4.69) is 38.1 Å². The molecule has 0 heterocycles. The van der Waals surface area contributed by atoms with Crippen molar-refractivity contribution in [1.82, 2.24) is 0 Å². The number of aldehydes is 2. The van der Waals surface area contributed by atoms with Gasteiger partial charge in [-0.15, -0.1) is 0 Å². The van der Waals surface area contributed by atoms with Crippen molar-refractivity contribution in [2.45, 2.75) is 30.6 Å². The predicted octanol–water partition coefficient (Wildman–Crippen LogP) is 5.28. The molecule has 2 aromatic rings. The summed E-state index contributed by atoms with van der Waals surface area (Å²) in [6.07, 6.45) is 5.95. The van der Waals surface area contributed by atoms with Gasteiger partial charge in [0.25, 0.3) is 0 Å². The predicted molar refractivity (Wildman–Crippen MR) is 104 cm³/mol. The lowest BCUT2D eigenvalue weighted by molar-refractivity contribution is -0.105. The summed E-state index contributed by atoms with van der Waals surface area (Å²) in [4.78, 5) is 24.5. The number of carbonyl (C=O) groups excluding carboxylic acids is 2. The van der Waals surface area contributed by atoms with Crippen LogP contribution in [0.5, 0.6) is 0 Å². The van der Waals surface area contributed by atoms with E-state index >= 15 is 0 Å². The second-order valence-corrected chi connectivity index (χ2v) is 7.82. The summed E-state index contributed by atoms with van der Waals surface area (Å²) in [5, 5.41) is 0. The van der Waals surface area contributed by atoms with Gasteiger partial charge in [0.1, 0.15) is 6.29 Å². The molecule has 2 nitrogen and oxygen atoms in total. The maximum Gasteiger partial charge on any atom is 0.150 e. The monoisotopic (exact) mass is 348 g/mol. The molecule has 1 aliphatic rings. The molecule has 0 radical (unpaired) electrons. The Morgan fingerprint density at radius 3 is 2.52 bits per heavy atom. The highest BCUT2D eigenvalue weighted by molar-refractivity contribution is 8.08. The molecule has 0 amide bonds. The number of fused-ring (bicyclic) bond motifs is 1. The second kappa shape index (κ2) is 7.24. The van der Waals surface area contributed by atoms with Gasteiger partial charge in [0.05, 0.1) is 0 Å². The molecule has 126 valence electrons. The van der Waals surface area contributed by atoms with E-state index in [9.17, 15) is 9.59 Å². The fourth-order valence-electron chi connectivity index (χ4n) is 3.07. The minimum atomic E-state index is 0.0460. The molecule has 3 heteroatoms. The van der Waals surface area contributed by atoms with Crippen molar-refractivity contribution in [3.63, 3.8) is 0 Å². The van der Waals surface area contributed by atoms with Crippen molar-refractivity contribution in [2.75, 3.05) is 0 Å². The SMILES string of the molecule is CC1(C)CC=C(Sc2ccccc2)c2cc(C(C=O)=CC=O)ccc21. The Morgan fingerprint density at radius 2 is 1.84 bits per heavy atom. The lowest BCUT2D eigenvalue weighted by atomic mass is 9.75. The fourth-order valence-corrected chi connectivity index (χ4v) is 4.07. The van der Waals surface area contributed by atoms with Crippen LogP contribution in [0.1, 0.15) is 37.0 Å². The van der Waals surface area contributed by atoms with Crippen molar-refractivity contribution in [3.05, 3.63) is 77.4 Å². The lowest BCUT2D eigenvalue weighted by Gasteiger charge is -2.32. The molecule has 0 spiro atoms. The van der Waals surface area contributed by atoms with E-state index < -0.39 is 0 Å². The summed E-state index contributed by atoms with van der Waals surface area (Å²) < 4.78 is 0. The molecular weight excluding hydrogens is 328 g/mol. The molecule has 0 saturated heterocycles. The molecule has 0 bridgehead atoms. The van der Waals surface area contributed by atoms with Crippen molar-refractivity contribution >= 4 is 34.8 Å². The second-order valence-electron chi connectivity index (χ2n) is 6.71. The number of thioether (sulfide) groups is 1. The maximum absolute atomic E-state index is 11.3. The minimum absolute atomic E-state index is 0.0460. The van der Waals surface area contributed by atoms with Gasteiger partial charge in [0.15, 0.2) is 6.29 Å². The van der Waals surface area contributed by atoms with Gasteiger partial charge in [-0.1, -0.05) is 62.0 Å². The zero-order valence-electron chi connectivity index (χ0n) is 14.4. The zero-order chi connectivity index (χ0) is 17.9. The first-order valence-electron chi connectivity index (χ1n) is 8.24. The van der Waals surface area contributed by atoms with Gasteiger partial charge in [-0.25, -0.2) is 0 Å². The quantitative estimate of drug-likeness (QED) is 0.544. The molecule has 0 aliphatic heterocycles. The van der Waals surface area contributed by atoms with Gasteiger partial charge in [-0.3, -0.25) is 9.59 Å². The van der Waals surface area contributed by atoms with Gasteiger partial charge in [-0.05, 0) is 52.8 Å². The summed E-state index contributed by atoms with van der Waals surface area (Å²) in [6, 6.07) is 16.3. The molecule has 0 unspecified atom stereocenters. The zero-order valence-corrected chi connectivity index (χ0v) is 15.2. The lowest BCUT2D eigenvalue weighted by Crippen LogP contribution is -2.21. The minimum Gasteiger partial charge on any atom is -0.299 e. The first-order valence-corrected chi connectivity index (χ1v) is 9.06. The van der Waals surface area contributed by atoms with Crippen LogP contribution in [-0.2, 0) is 15.0 Å². The molecule has 2 aromatic carbocycles. The highest BCUT2D eigenvalue weighted by atomic mass is 32.2. The number of benzene rings is 2. The molecule has 1 aliphatic carbocycles. The Labute approximate surface area is 152 Å². The molecule has 0 atom stereocenters. The van der Waals surface area contributed by atoms with Crippen LogP contribution in [0.25, 0.3) is 10.5 Å². The van der Waals surface area contributed by atoms with Crippen molar-refractivity contribution in [2.24, 2.45) is 0 Å². The van der Waals surface area contributed by atoms with Crippen LogP contribution in [-0.4, -0.2) is 12.6 Å². The van der Waals surface area contributed by atoms with E-state index in [0.717, 1.165) is 23.8 Å². The number of rotatable bonds is 5. The van der Waals surface area contributed by atoms with Crippen LogP contribution in [0.3, 0.4) is 0 Å². The van der Waals surface area contributed by atoms with Crippen LogP contribution in [0.4, 0.5) is 0 Å². The third kappa shape index (κ3) is 3.67. The van der Waals surface area contributed by atoms with Gasteiger partial charge < -0.3 is 0 Å². The molecule has 0 aromatic heterocycles. The number of carbonyl (C=O) groups is 2. The summed E-state index contributed by atoms with van der Waals surface area (Å²) in [7, 11) is 0. The number of hydrogen-bond acceptors (Lipinski definition) is 3. The van der Waals surface area contributed by atoms with Crippen LogP contribution < -0.4 is 0 Å². The average Bonchev–Trinajstić information content (AvgIpc) is 2.63. The molecule has 0 N–H and O–H groups in total. The topological polar surface area (TPSA) is 34.1 Å². The summed E-state index contributed by atoms with van der Waals surface area (Å²) in [6.45, 7) is 4.46. The smallest absolute Gasteiger partial charge is 0.150 e. The first kappa shape index (κ1) is 17.4. The average molecular weight is 348 g/mol. The van der Waals surface area contributed by atoms with E-state index in [0.29, 0.717) is 11.9 Å². The van der Waals surface area contributed by atoms with Gasteiger partial charge in [0, 0.05) is 15.4 Å². The van der Waals surface area contributed by atoms with Crippen LogP contribution in [0.2, 0.25) is 0 Å². The third-order valence-electron chi connectivity index (χ3n) is 4.49. The van der Waals surface area contributed by atoms with Crippen LogP contribution in [0.15, 0.2) is 65.6 Å². The number of allylic oxidation sites excluding steroid dienone is 3.